The van der Waals surface area contributed by atoms with Crippen LogP contribution in [0.3, 0.4) is 0 Å². The first-order valence-electron chi connectivity index (χ1n) is 8.59. The normalized spacial score (nSPS) is 24.3. The lowest BCUT2D eigenvalue weighted by atomic mass is 9.74. The Hall–Kier alpha value is -1.86. The summed E-state index contributed by atoms with van der Waals surface area (Å²) in [6.07, 6.45) is 4.42. The van der Waals surface area contributed by atoms with Crippen molar-refractivity contribution < 1.29 is 4.79 Å². The van der Waals surface area contributed by atoms with Crippen LogP contribution in [0.4, 0.5) is 0 Å². The Morgan fingerprint density at radius 2 is 1.96 bits per heavy atom. The summed E-state index contributed by atoms with van der Waals surface area (Å²) >= 11 is 0. The minimum absolute atomic E-state index is 0.253. The van der Waals surface area contributed by atoms with E-state index >= 15 is 0 Å². The molecule has 0 spiro atoms. The molecule has 2 aliphatic rings. The number of amides is 1. The molecule has 0 N–H and O–H groups in total. The molecule has 0 bridgehead atoms. The maximum atomic E-state index is 12.6. The Labute approximate surface area is 138 Å². The van der Waals surface area contributed by atoms with Crippen molar-refractivity contribution in [3.05, 3.63) is 35.9 Å². The van der Waals surface area contributed by atoms with Crippen molar-refractivity contribution in [1.29, 1.82) is 5.26 Å². The number of piperidine rings is 1. The minimum atomic E-state index is -0.428. The van der Waals surface area contributed by atoms with Gasteiger partial charge in [-0.05, 0) is 44.8 Å². The number of nitrogens with zero attached hydrogens (tertiary/aromatic N) is 3. The van der Waals surface area contributed by atoms with Crippen LogP contribution in [0.5, 0.6) is 0 Å². The number of benzene rings is 1. The second-order valence-electron chi connectivity index (χ2n) is 6.92. The predicted molar refractivity (Wildman–Crippen MR) is 89.8 cm³/mol. The second-order valence-corrected chi connectivity index (χ2v) is 6.92. The minimum Gasteiger partial charge on any atom is -0.343 e. The number of carbonyl (C=O) groups excluding carboxylic acids is 1. The molecular formula is C19H25N3O. The van der Waals surface area contributed by atoms with E-state index < -0.39 is 5.41 Å². The van der Waals surface area contributed by atoms with Crippen molar-refractivity contribution in [1.82, 2.24) is 9.80 Å². The SMILES string of the molecule is CN1CCCC1CC(=O)N1CCC(C#N)(c2ccccc2)CC1. The zero-order valence-electron chi connectivity index (χ0n) is 13.9. The lowest BCUT2D eigenvalue weighted by Gasteiger charge is -2.38. The van der Waals surface area contributed by atoms with Crippen LogP contribution in [0.2, 0.25) is 0 Å². The third-order valence-corrected chi connectivity index (χ3v) is 5.59. The molecule has 23 heavy (non-hydrogen) atoms. The summed E-state index contributed by atoms with van der Waals surface area (Å²) in [5, 5.41) is 9.72. The summed E-state index contributed by atoms with van der Waals surface area (Å²) in [6.45, 7) is 2.49. The van der Waals surface area contributed by atoms with E-state index in [-0.39, 0.29) is 5.91 Å². The third kappa shape index (κ3) is 3.25. The average molecular weight is 311 g/mol. The van der Waals surface area contributed by atoms with E-state index in [1.54, 1.807) is 0 Å². The number of carbonyl (C=O) groups is 1. The van der Waals surface area contributed by atoms with Gasteiger partial charge in [0.15, 0.2) is 0 Å². The molecule has 4 heteroatoms. The highest BCUT2D eigenvalue weighted by atomic mass is 16.2. The van der Waals surface area contributed by atoms with Gasteiger partial charge in [0.25, 0.3) is 0 Å². The van der Waals surface area contributed by atoms with Crippen LogP contribution in [-0.4, -0.2) is 48.4 Å². The van der Waals surface area contributed by atoms with Crippen molar-refractivity contribution >= 4 is 5.91 Å². The highest BCUT2D eigenvalue weighted by molar-refractivity contribution is 5.77. The highest BCUT2D eigenvalue weighted by Crippen LogP contribution is 2.35. The van der Waals surface area contributed by atoms with E-state index in [9.17, 15) is 10.1 Å². The topological polar surface area (TPSA) is 47.3 Å². The van der Waals surface area contributed by atoms with Crippen molar-refractivity contribution in [3.8, 4) is 6.07 Å². The Kier molecular flexibility index (Phi) is 4.68. The maximum Gasteiger partial charge on any atom is 0.224 e. The molecule has 0 aliphatic carbocycles. The Morgan fingerprint density at radius 1 is 1.26 bits per heavy atom. The molecule has 1 aromatic carbocycles. The van der Waals surface area contributed by atoms with Crippen LogP contribution in [0.15, 0.2) is 30.3 Å². The summed E-state index contributed by atoms with van der Waals surface area (Å²) < 4.78 is 0. The van der Waals surface area contributed by atoms with Gasteiger partial charge in [0.1, 0.15) is 0 Å². The van der Waals surface area contributed by atoms with Gasteiger partial charge >= 0.3 is 0 Å². The average Bonchev–Trinajstić information content (AvgIpc) is 3.00. The van der Waals surface area contributed by atoms with Gasteiger partial charge in [0.05, 0.1) is 11.5 Å². The molecule has 2 aliphatic heterocycles. The number of nitriles is 1. The fraction of sp³-hybridized carbons (Fsp3) is 0.579. The number of hydrogen-bond acceptors (Lipinski definition) is 3. The lowest BCUT2D eigenvalue weighted by molar-refractivity contribution is -0.133. The Morgan fingerprint density at radius 3 is 2.52 bits per heavy atom. The van der Waals surface area contributed by atoms with Crippen LogP contribution >= 0.6 is 0 Å². The maximum absolute atomic E-state index is 12.6. The smallest absolute Gasteiger partial charge is 0.224 e. The Balaban J connectivity index is 1.61. The van der Waals surface area contributed by atoms with Crippen molar-refractivity contribution in [2.45, 2.75) is 43.6 Å². The lowest BCUT2D eigenvalue weighted by Crippen LogP contribution is -2.46. The standard InChI is InChI=1S/C19H25N3O/c1-21-11-5-8-17(21)14-18(23)22-12-9-19(15-20,10-13-22)16-6-3-2-4-7-16/h2-4,6-7,17H,5,8-14H2,1H3. The van der Waals surface area contributed by atoms with Gasteiger partial charge in [-0.3, -0.25) is 4.79 Å². The van der Waals surface area contributed by atoms with Gasteiger partial charge in [-0.2, -0.15) is 5.26 Å². The molecule has 2 fully saturated rings. The van der Waals surface area contributed by atoms with Crippen LogP contribution in [-0.2, 0) is 10.2 Å². The van der Waals surface area contributed by atoms with Crippen molar-refractivity contribution in [2.75, 3.05) is 26.7 Å². The molecule has 1 atom stereocenters. The van der Waals surface area contributed by atoms with Crippen molar-refractivity contribution in [3.63, 3.8) is 0 Å². The summed E-state index contributed by atoms with van der Waals surface area (Å²) in [4.78, 5) is 16.8. The van der Waals surface area contributed by atoms with E-state index in [2.05, 4.69) is 18.0 Å². The third-order valence-electron chi connectivity index (χ3n) is 5.59. The monoisotopic (exact) mass is 311 g/mol. The molecule has 1 amide bonds. The van der Waals surface area contributed by atoms with Gasteiger partial charge in [-0.1, -0.05) is 30.3 Å². The van der Waals surface area contributed by atoms with Gasteiger partial charge in [0, 0.05) is 25.6 Å². The van der Waals surface area contributed by atoms with Gasteiger partial charge in [-0.25, -0.2) is 0 Å². The zero-order chi connectivity index (χ0) is 16.3. The van der Waals surface area contributed by atoms with Crippen molar-refractivity contribution in [2.24, 2.45) is 0 Å². The molecule has 0 aromatic heterocycles. The Bertz CT molecular complexity index is 584. The summed E-state index contributed by atoms with van der Waals surface area (Å²) in [5.74, 6) is 0.253. The molecule has 1 aromatic rings. The number of hydrogen-bond donors (Lipinski definition) is 0. The predicted octanol–water partition coefficient (Wildman–Crippen LogP) is 2.55. The molecular weight excluding hydrogens is 286 g/mol. The first-order chi connectivity index (χ1) is 11.1. The zero-order valence-corrected chi connectivity index (χ0v) is 13.9. The number of rotatable bonds is 3. The fourth-order valence-corrected chi connectivity index (χ4v) is 3.93. The van der Waals surface area contributed by atoms with Gasteiger partial charge in [0.2, 0.25) is 5.91 Å². The van der Waals surface area contributed by atoms with Gasteiger partial charge < -0.3 is 9.80 Å². The van der Waals surface area contributed by atoms with Crippen LogP contribution in [0.1, 0.15) is 37.7 Å². The first-order valence-corrected chi connectivity index (χ1v) is 8.59. The molecule has 0 radical (unpaired) electrons. The fourth-order valence-electron chi connectivity index (χ4n) is 3.93. The molecule has 122 valence electrons. The van der Waals surface area contributed by atoms with E-state index in [0.29, 0.717) is 25.6 Å². The van der Waals surface area contributed by atoms with E-state index in [4.69, 9.17) is 0 Å². The van der Waals surface area contributed by atoms with E-state index in [1.165, 1.54) is 6.42 Å². The molecule has 4 nitrogen and oxygen atoms in total. The largest absolute Gasteiger partial charge is 0.343 e. The molecule has 1 unspecified atom stereocenters. The quantitative estimate of drug-likeness (QED) is 0.862. The van der Waals surface area contributed by atoms with Crippen LogP contribution < -0.4 is 0 Å². The van der Waals surface area contributed by atoms with E-state index in [1.807, 2.05) is 35.2 Å². The second kappa shape index (κ2) is 6.72. The van der Waals surface area contributed by atoms with Gasteiger partial charge in [-0.15, -0.1) is 0 Å². The highest BCUT2D eigenvalue weighted by Gasteiger charge is 2.38. The molecule has 2 heterocycles. The number of likely N-dealkylation sites (tertiary alicyclic amines) is 2. The first kappa shape index (κ1) is 16.0. The van der Waals surface area contributed by atoms with Crippen LogP contribution in [0, 0.1) is 11.3 Å². The van der Waals surface area contributed by atoms with Crippen LogP contribution in [0.25, 0.3) is 0 Å². The molecule has 3 rings (SSSR count). The molecule has 2 saturated heterocycles. The summed E-state index contributed by atoms with van der Waals surface area (Å²) in [5.41, 5.74) is 0.660. The summed E-state index contributed by atoms with van der Waals surface area (Å²) in [7, 11) is 2.11. The van der Waals surface area contributed by atoms with E-state index in [0.717, 1.165) is 31.4 Å². The molecule has 0 saturated carbocycles. The summed E-state index contributed by atoms with van der Waals surface area (Å²) in [6, 6.07) is 13.0.